The molecule has 9 nitrogen and oxygen atoms in total. The number of rotatable bonds is 12. The van der Waals surface area contributed by atoms with Gasteiger partial charge in [-0.15, -0.1) is 0 Å². The van der Waals surface area contributed by atoms with Crippen LogP contribution in [0.3, 0.4) is 0 Å². The van der Waals surface area contributed by atoms with Crippen molar-refractivity contribution in [2.45, 2.75) is 25.8 Å². The molecule has 1 saturated heterocycles. The molecule has 204 valence electrons. The van der Waals surface area contributed by atoms with E-state index in [-0.39, 0.29) is 12.4 Å². The van der Waals surface area contributed by atoms with E-state index in [0.29, 0.717) is 53.9 Å². The van der Waals surface area contributed by atoms with Gasteiger partial charge in [0.1, 0.15) is 5.69 Å². The molecule has 38 heavy (non-hydrogen) atoms. The Bertz CT molecular complexity index is 1270. The summed E-state index contributed by atoms with van der Waals surface area (Å²) in [5.74, 6) is 0.520. The third-order valence-corrected chi connectivity index (χ3v) is 8.59. The van der Waals surface area contributed by atoms with Gasteiger partial charge >= 0.3 is 0 Å². The lowest BCUT2D eigenvalue weighted by molar-refractivity contribution is 0.116. The highest BCUT2D eigenvalue weighted by Gasteiger charge is 2.23. The SMILES string of the molecule is Cc1nc(-c2ccccn2)nc(CC[C@H](NS(=O)(=O)CCN2CCN(CCO)CC2)c2ccccc2)c1Cl. The van der Waals surface area contributed by atoms with E-state index in [1.54, 1.807) is 6.20 Å². The third kappa shape index (κ3) is 8.02. The molecule has 0 saturated carbocycles. The Balaban J connectivity index is 1.44. The summed E-state index contributed by atoms with van der Waals surface area (Å²) in [6.45, 7) is 6.36. The second-order valence-corrected chi connectivity index (χ2v) is 11.7. The number of β-amino-alcohol motifs (C(OH)–C–C–N with tert-alkyl or cyclic N) is 1. The normalized spacial score (nSPS) is 16.0. The predicted molar refractivity (Wildman–Crippen MR) is 149 cm³/mol. The van der Waals surface area contributed by atoms with Crippen molar-refractivity contribution in [3.8, 4) is 11.5 Å². The minimum atomic E-state index is -3.55. The largest absolute Gasteiger partial charge is 0.395 e. The van der Waals surface area contributed by atoms with Gasteiger partial charge in [0.25, 0.3) is 0 Å². The van der Waals surface area contributed by atoms with E-state index in [1.807, 2.05) is 55.5 Å². The molecule has 0 unspecified atom stereocenters. The van der Waals surface area contributed by atoms with Gasteiger partial charge in [0.15, 0.2) is 5.82 Å². The Kier molecular flexibility index (Phi) is 10.2. The highest BCUT2D eigenvalue weighted by atomic mass is 35.5. The van der Waals surface area contributed by atoms with E-state index in [4.69, 9.17) is 16.7 Å². The van der Waals surface area contributed by atoms with Crippen LogP contribution in [-0.4, -0.2) is 89.9 Å². The number of aliphatic hydroxyl groups is 1. The fourth-order valence-electron chi connectivity index (χ4n) is 4.56. The zero-order valence-corrected chi connectivity index (χ0v) is 23.2. The van der Waals surface area contributed by atoms with Crippen molar-refractivity contribution in [3.05, 3.63) is 76.7 Å². The van der Waals surface area contributed by atoms with Crippen LogP contribution in [0, 0.1) is 6.92 Å². The molecule has 1 aromatic carbocycles. The number of hydrogen-bond acceptors (Lipinski definition) is 8. The van der Waals surface area contributed by atoms with Gasteiger partial charge in [-0.25, -0.2) is 23.1 Å². The molecule has 1 aliphatic rings. The van der Waals surface area contributed by atoms with E-state index in [2.05, 4.69) is 29.5 Å². The van der Waals surface area contributed by atoms with E-state index in [9.17, 15) is 8.42 Å². The second kappa shape index (κ2) is 13.5. The smallest absolute Gasteiger partial charge is 0.213 e. The van der Waals surface area contributed by atoms with Crippen molar-refractivity contribution in [3.63, 3.8) is 0 Å². The molecule has 3 aromatic rings. The summed E-state index contributed by atoms with van der Waals surface area (Å²) in [4.78, 5) is 17.9. The molecule has 0 radical (unpaired) electrons. The first-order chi connectivity index (χ1) is 18.3. The Hall–Kier alpha value is -2.47. The minimum Gasteiger partial charge on any atom is -0.395 e. The van der Waals surface area contributed by atoms with Crippen LogP contribution >= 0.6 is 11.6 Å². The molecule has 0 amide bonds. The number of nitrogens with zero attached hydrogens (tertiary/aromatic N) is 5. The topological polar surface area (TPSA) is 112 Å². The molecule has 0 spiro atoms. The maximum atomic E-state index is 13.2. The number of sulfonamides is 1. The number of halogens is 1. The average molecular weight is 559 g/mol. The van der Waals surface area contributed by atoms with Crippen LogP contribution in [0.25, 0.3) is 11.5 Å². The predicted octanol–water partition coefficient (Wildman–Crippen LogP) is 2.70. The molecule has 1 aliphatic heterocycles. The molecule has 3 heterocycles. The summed E-state index contributed by atoms with van der Waals surface area (Å²) in [7, 11) is -3.55. The monoisotopic (exact) mass is 558 g/mol. The number of nitrogens with one attached hydrogen (secondary N) is 1. The third-order valence-electron chi connectivity index (χ3n) is 6.73. The molecular formula is C27H35ClN6O3S. The Morgan fingerprint density at radius 2 is 1.68 bits per heavy atom. The molecule has 2 N–H and O–H groups in total. The number of aromatic nitrogens is 3. The van der Waals surface area contributed by atoms with Crippen LogP contribution in [-0.2, 0) is 16.4 Å². The van der Waals surface area contributed by atoms with Crippen molar-refractivity contribution in [1.82, 2.24) is 29.5 Å². The van der Waals surface area contributed by atoms with Gasteiger partial charge in [-0.2, -0.15) is 0 Å². The van der Waals surface area contributed by atoms with Crippen LogP contribution in [0.15, 0.2) is 54.7 Å². The number of benzene rings is 1. The number of aryl methyl sites for hydroxylation is 2. The quantitative estimate of drug-likeness (QED) is 0.349. The summed E-state index contributed by atoms with van der Waals surface area (Å²) in [5.41, 5.74) is 2.88. The number of pyridine rings is 1. The van der Waals surface area contributed by atoms with Gasteiger partial charge in [-0.05, 0) is 37.5 Å². The van der Waals surface area contributed by atoms with E-state index >= 15 is 0 Å². The molecule has 1 atom stereocenters. The zero-order chi connectivity index (χ0) is 27.0. The number of hydrogen-bond donors (Lipinski definition) is 2. The van der Waals surface area contributed by atoms with E-state index < -0.39 is 16.1 Å². The van der Waals surface area contributed by atoms with Crippen molar-refractivity contribution >= 4 is 21.6 Å². The maximum absolute atomic E-state index is 13.2. The van der Waals surface area contributed by atoms with Crippen LogP contribution in [0.1, 0.15) is 29.4 Å². The van der Waals surface area contributed by atoms with Crippen LogP contribution in [0.5, 0.6) is 0 Å². The number of aliphatic hydroxyl groups excluding tert-OH is 1. The first-order valence-corrected chi connectivity index (χ1v) is 14.9. The van der Waals surface area contributed by atoms with Crippen LogP contribution in [0.2, 0.25) is 5.02 Å². The standard InChI is InChI=1S/C27H35ClN6O3S/c1-21-26(28)24(31-27(30-21)25-9-5-6-12-29-25)11-10-23(22-7-3-2-4-8-22)32-38(36,37)20-18-34-15-13-33(14-16-34)17-19-35/h2-9,12,23,32,35H,10-11,13-20H2,1H3/t23-/m0/s1. The van der Waals surface area contributed by atoms with E-state index in [0.717, 1.165) is 31.7 Å². The second-order valence-electron chi connectivity index (χ2n) is 9.45. The first-order valence-electron chi connectivity index (χ1n) is 12.9. The molecule has 11 heteroatoms. The summed E-state index contributed by atoms with van der Waals surface area (Å²) in [6.07, 6.45) is 2.65. The Morgan fingerprint density at radius 3 is 2.34 bits per heavy atom. The van der Waals surface area contributed by atoms with Gasteiger partial charge < -0.3 is 5.11 Å². The van der Waals surface area contributed by atoms with Gasteiger partial charge in [-0.3, -0.25) is 14.8 Å². The van der Waals surface area contributed by atoms with Crippen LogP contribution < -0.4 is 4.72 Å². The van der Waals surface area contributed by atoms with Crippen molar-refractivity contribution in [2.24, 2.45) is 0 Å². The summed E-state index contributed by atoms with van der Waals surface area (Å²) in [6, 6.07) is 14.7. The molecule has 0 aliphatic carbocycles. The summed E-state index contributed by atoms with van der Waals surface area (Å²) < 4.78 is 29.2. The van der Waals surface area contributed by atoms with Crippen molar-refractivity contribution in [1.29, 1.82) is 0 Å². The highest BCUT2D eigenvalue weighted by molar-refractivity contribution is 7.89. The van der Waals surface area contributed by atoms with Gasteiger partial charge in [0.05, 0.1) is 28.8 Å². The Morgan fingerprint density at radius 1 is 1.00 bits per heavy atom. The minimum absolute atomic E-state index is 0.0214. The summed E-state index contributed by atoms with van der Waals surface area (Å²) in [5, 5.41) is 9.61. The summed E-state index contributed by atoms with van der Waals surface area (Å²) >= 11 is 6.57. The zero-order valence-electron chi connectivity index (χ0n) is 21.6. The highest BCUT2D eigenvalue weighted by Crippen LogP contribution is 2.26. The lowest BCUT2D eigenvalue weighted by Gasteiger charge is -2.34. The fraction of sp³-hybridized carbons (Fsp3) is 0.444. The van der Waals surface area contributed by atoms with Crippen LogP contribution in [0.4, 0.5) is 0 Å². The molecule has 0 bridgehead atoms. The Labute approximate surface area is 230 Å². The molecular weight excluding hydrogens is 524 g/mol. The van der Waals surface area contributed by atoms with Gasteiger partial charge in [-0.1, -0.05) is 48.0 Å². The van der Waals surface area contributed by atoms with Gasteiger partial charge in [0.2, 0.25) is 10.0 Å². The lowest BCUT2D eigenvalue weighted by Crippen LogP contribution is -2.48. The molecule has 4 rings (SSSR count). The van der Waals surface area contributed by atoms with Gasteiger partial charge in [0, 0.05) is 51.5 Å². The lowest BCUT2D eigenvalue weighted by atomic mass is 10.0. The fourth-order valence-corrected chi connectivity index (χ4v) is 6.04. The number of piperazine rings is 1. The average Bonchev–Trinajstić information content (AvgIpc) is 2.94. The molecule has 2 aromatic heterocycles. The molecule has 1 fully saturated rings. The van der Waals surface area contributed by atoms with Crippen molar-refractivity contribution < 1.29 is 13.5 Å². The maximum Gasteiger partial charge on any atom is 0.213 e. The van der Waals surface area contributed by atoms with E-state index in [1.165, 1.54) is 0 Å². The first kappa shape index (κ1) is 28.5. The van der Waals surface area contributed by atoms with Crippen molar-refractivity contribution in [2.75, 3.05) is 51.6 Å².